The first kappa shape index (κ1) is 22.7. The summed E-state index contributed by atoms with van der Waals surface area (Å²) in [5.74, 6) is 0.552. The van der Waals surface area contributed by atoms with Gasteiger partial charge in [-0.25, -0.2) is 0 Å². The van der Waals surface area contributed by atoms with E-state index in [-0.39, 0.29) is 35.6 Å². The highest BCUT2D eigenvalue weighted by atomic mass is 35.5. The second-order valence-corrected chi connectivity index (χ2v) is 8.47. The van der Waals surface area contributed by atoms with E-state index < -0.39 is 6.04 Å². The standard InChI is InChI=1S/C22H33N3O2.ClH/c1-3-17(2)20(23)21(27)24-13-11-22(12-14-24)10-9-19(26)25(16-22)15-18-7-5-4-6-8-18;/h4-8,17,20H,3,9-16,23H2,1-2H3;1H/t17-,20-;/m0./s1. The average Bonchev–Trinajstić information content (AvgIpc) is 2.70. The Kier molecular flexibility index (Phi) is 7.90. The van der Waals surface area contributed by atoms with Gasteiger partial charge in [-0.1, -0.05) is 50.6 Å². The molecule has 156 valence electrons. The monoisotopic (exact) mass is 407 g/mol. The summed E-state index contributed by atoms with van der Waals surface area (Å²) < 4.78 is 0. The molecule has 0 bridgehead atoms. The van der Waals surface area contributed by atoms with Crippen molar-refractivity contribution in [3.05, 3.63) is 35.9 Å². The number of hydrogen-bond acceptors (Lipinski definition) is 3. The molecule has 2 amide bonds. The van der Waals surface area contributed by atoms with Crippen LogP contribution in [0.1, 0.15) is 51.5 Å². The number of likely N-dealkylation sites (tertiary alicyclic amines) is 2. The van der Waals surface area contributed by atoms with E-state index in [1.54, 1.807) is 0 Å². The molecule has 5 nitrogen and oxygen atoms in total. The van der Waals surface area contributed by atoms with E-state index >= 15 is 0 Å². The minimum atomic E-state index is -0.397. The number of rotatable bonds is 5. The Morgan fingerprint density at radius 1 is 1.18 bits per heavy atom. The number of piperidine rings is 2. The molecule has 28 heavy (non-hydrogen) atoms. The Balaban J connectivity index is 0.00000280. The number of carbonyl (C=O) groups is 2. The van der Waals surface area contributed by atoms with Crippen molar-refractivity contribution in [3.63, 3.8) is 0 Å². The third-order valence-corrected chi connectivity index (χ3v) is 6.64. The van der Waals surface area contributed by atoms with Gasteiger partial charge < -0.3 is 15.5 Å². The molecule has 0 unspecified atom stereocenters. The van der Waals surface area contributed by atoms with E-state index in [4.69, 9.17) is 5.73 Å². The van der Waals surface area contributed by atoms with E-state index in [0.29, 0.717) is 13.0 Å². The van der Waals surface area contributed by atoms with E-state index in [9.17, 15) is 9.59 Å². The highest BCUT2D eigenvalue weighted by molar-refractivity contribution is 5.85. The number of amides is 2. The molecule has 2 aliphatic heterocycles. The number of nitrogens with two attached hydrogens (primary N) is 1. The van der Waals surface area contributed by atoms with Gasteiger partial charge in [0.1, 0.15) is 0 Å². The Bertz CT molecular complexity index is 659. The molecule has 2 N–H and O–H groups in total. The molecule has 1 spiro atoms. The van der Waals surface area contributed by atoms with E-state index in [2.05, 4.69) is 19.1 Å². The summed E-state index contributed by atoms with van der Waals surface area (Å²) in [6.45, 7) is 7.13. The molecule has 0 aliphatic carbocycles. The van der Waals surface area contributed by atoms with Crippen LogP contribution in [0.5, 0.6) is 0 Å². The SMILES string of the molecule is CC[C@H](C)[C@H](N)C(=O)N1CCC2(CCC(=O)N(Cc3ccccc3)C2)CC1.Cl. The smallest absolute Gasteiger partial charge is 0.239 e. The molecule has 0 aromatic heterocycles. The maximum absolute atomic E-state index is 12.7. The van der Waals surface area contributed by atoms with Crippen LogP contribution >= 0.6 is 12.4 Å². The van der Waals surface area contributed by atoms with Crippen LogP contribution in [0, 0.1) is 11.3 Å². The van der Waals surface area contributed by atoms with Crippen LogP contribution in [0.4, 0.5) is 0 Å². The van der Waals surface area contributed by atoms with Gasteiger partial charge in [0, 0.05) is 32.6 Å². The Morgan fingerprint density at radius 2 is 1.82 bits per heavy atom. The first-order valence-corrected chi connectivity index (χ1v) is 10.3. The summed E-state index contributed by atoms with van der Waals surface area (Å²) in [7, 11) is 0. The number of halogens is 1. The molecule has 0 radical (unpaired) electrons. The molecule has 6 heteroatoms. The normalized spacial score (nSPS) is 21.2. The largest absolute Gasteiger partial charge is 0.341 e. The zero-order valence-corrected chi connectivity index (χ0v) is 17.9. The molecular weight excluding hydrogens is 374 g/mol. The predicted molar refractivity (Wildman–Crippen MR) is 114 cm³/mol. The quantitative estimate of drug-likeness (QED) is 0.814. The zero-order chi connectivity index (χ0) is 19.4. The van der Waals surface area contributed by atoms with Crippen molar-refractivity contribution in [2.75, 3.05) is 19.6 Å². The lowest BCUT2D eigenvalue weighted by molar-refractivity contribution is -0.144. The van der Waals surface area contributed by atoms with Crippen LogP contribution in [-0.4, -0.2) is 47.3 Å². The molecule has 2 fully saturated rings. The lowest BCUT2D eigenvalue weighted by atomic mass is 9.72. The van der Waals surface area contributed by atoms with Crippen LogP contribution in [0.15, 0.2) is 30.3 Å². The van der Waals surface area contributed by atoms with Crippen molar-refractivity contribution in [1.29, 1.82) is 0 Å². The average molecular weight is 408 g/mol. The Labute approximate surface area is 175 Å². The Morgan fingerprint density at radius 3 is 2.43 bits per heavy atom. The number of carbonyl (C=O) groups excluding carboxylic acids is 2. The first-order valence-electron chi connectivity index (χ1n) is 10.3. The minimum Gasteiger partial charge on any atom is -0.341 e. The van der Waals surface area contributed by atoms with E-state index in [1.807, 2.05) is 34.9 Å². The van der Waals surface area contributed by atoms with Crippen LogP contribution in [0.3, 0.4) is 0 Å². The fourth-order valence-corrected chi connectivity index (χ4v) is 4.37. The third kappa shape index (κ3) is 5.06. The number of hydrogen-bond donors (Lipinski definition) is 1. The van der Waals surface area contributed by atoms with Crippen LogP contribution in [-0.2, 0) is 16.1 Å². The first-order chi connectivity index (χ1) is 12.9. The van der Waals surface area contributed by atoms with Gasteiger partial charge in [0.15, 0.2) is 0 Å². The summed E-state index contributed by atoms with van der Waals surface area (Å²) in [5.41, 5.74) is 7.48. The van der Waals surface area contributed by atoms with Crippen LogP contribution in [0.25, 0.3) is 0 Å². The summed E-state index contributed by atoms with van der Waals surface area (Å²) in [4.78, 5) is 29.1. The molecule has 2 heterocycles. The molecule has 1 aromatic carbocycles. The molecule has 3 rings (SSSR count). The van der Waals surface area contributed by atoms with Crippen LogP contribution < -0.4 is 5.73 Å². The minimum absolute atomic E-state index is 0. The van der Waals surface area contributed by atoms with Crippen molar-refractivity contribution >= 4 is 24.2 Å². The second-order valence-electron chi connectivity index (χ2n) is 8.47. The fourth-order valence-electron chi connectivity index (χ4n) is 4.37. The van der Waals surface area contributed by atoms with Gasteiger partial charge in [-0.05, 0) is 36.2 Å². The Hall–Kier alpha value is -1.59. The maximum atomic E-state index is 12.7. The van der Waals surface area contributed by atoms with Crippen molar-refractivity contribution in [3.8, 4) is 0 Å². The highest BCUT2D eigenvalue weighted by Crippen LogP contribution is 2.40. The van der Waals surface area contributed by atoms with Crippen molar-refractivity contribution in [2.45, 2.75) is 58.5 Å². The van der Waals surface area contributed by atoms with Gasteiger partial charge in [-0.3, -0.25) is 9.59 Å². The third-order valence-electron chi connectivity index (χ3n) is 6.64. The van der Waals surface area contributed by atoms with Crippen molar-refractivity contribution < 1.29 is 9.59 Å². The lowest BCUT2D eigenvalue weighted by Gasteiger charge is -2.48. The maximum Gasteiger partial charge on any atom is 0.239 e. The van der Waals surface area contributed by atoms with Crippen molar-refractivity contribution in [1.82, 2.24) is 9.80 Å². The van der Waals surface area contributed by atoms with Gasteiger partial charge in [0.25, 0.3) is 0 Å². The predicted octanol–water partition coefficient (Wildman–Crippen LogP) is 3.21. The molecule has 2 aliphatic rings. The fraction of sp³-hybridized carbons (Fsp3) is 0.636. The van der Waals surface area contributed by atoms with E-state index in [1.165, 1.54) is 5.56 Å². The van der Waals surface area contributed by atoms with Gasteiger partial charge in [-0.15, -0.1) is 12.4 Å². The summed E-state index contributed by atoms with van der Waals surface area (Å²) >= 11 is 0. The lowest BCUT2D eigenvalue weighted by Crippen LogP contribution is -2.55. The summed E-state index contributed by atoms with van der Waals surface area (Å²) in [6, 6.07) is 9.79. The van der Waals surface area contributed by atoms with Gasteiger partial charge in [-0.2, -0.15) is 0 Å². The van der Waals surface area contributed by atoms with Crippen molar-refractivity contribution in [2.24, 2.45) is 17.1 Å². The van der Waals surface area contributed by atoms with Gasteiger partial charge in [0.05, 0.1) is 6.04 Å². The summed E-state index contributed by atoms with van der Waals surface area (Å²) in [6.07, 6.45) is 4.40. The van der Waals surface area contributed by atoms with Gasteiger partial charge in [0.2, 0.25) is 11.8 Å². The second kappa shape index (κ2) is 9.75. The topological polar surface area (TPSA) is 66.6 Å². The number of benzene rings is 1. The molecular formula is C22H34ClN3O2. The number of nitrogens with zero attached hydrogens (tertiary/aromatic N) is 2. The van der Waals surface area contributed by atoms with Gasteiger partial charge >= 0.3 is 0 Å². The molecule has 1 aromatic rings. The summed E-state index contributed by atoms with van der Waals surface area (Å²) in [5, 5.41) is 0. The molecule has 2 atom stereocenters. The highest BCUT2D eigenvalue weighted by Gasteiger charge is 2.42. The molecule has 0 saturated carbocycles. The van der Waals surface area contributed by atoms with E-state index in [0.717, 1.165) is 45.3 Å². The molecule has 2 saturated heterocycles. The zero-order valence-electron chi connectivity index (χ0n) is 17.1. The van der Waals surface area contributed by atoms with Crippen LogP contribution in [0.2, 0.25) is 0 Å².